The number of rotatable bonds is 6. The van der Waals surface area contributed by atoms with Crippen LogP contribution < -0.4 is 11.1 Å². The van der Waals surface area contributed by atoms with Crippen LogP contribution in [0.5, 0.6) is 0 Å². The summed E-state index contributed by atoms with van der Waals surface area (Å²) in [5, 5.41) is 2.80. The van der Waals surface area contributed by atoms with Gasteiger partial charge in [-0.2, -0.15) is 0 Å². The molecular formula is C26H28N2O3. The van der Waals surface area contributed by atoms with Crippen LogP contribution in [0.25, 0.3) is 11.1 Å². The summed E-state index contributed by atoms with van der Waals surface area (Å²) in [7, 11) is 0. The molecule has 3 aromatic carbocycles. The maximum Gasteiger partial charge on any atom is 0.338 e. The predicted octanol–water partition coefficient (Wildman–Crippen LogP) is 4.82. The first-order chi connectivity index (χ1) is 14.7. The first-order valence-corrected chi connectivity index (χ1v) is 10.3. The molecule has 0 unspecified atom stereocenters. The lowest BCUT2D eigenvalue weighted by molar-refractivity contribution is -0.117. The van der Waals surface area contributed by atoms with E-state index in [0.717, 1.165) is 16.7 Å². The minimum Gasteiger partial charge on any atom is -0.456 e. The molecule has 3 rings (SSSR count). The third-order valence-corrected chi connectivity index (χ3v) is 4.64. The number of hydrogen-bond donors (Lipinski definition) is 2. The van der Waals surface area contributed by atoms with Gasteiger partial charge < -0.3 is 15.8 Å². The van der Waals surface area contributed by atoms with Gasteiger partial charge >= 0.3 is 5.97 Å². The van der Waals surface area contributed by atoms with Gasteiger partial charge in [-0.05, 0) is 68.1 Å². The molecule has 0 aliphatic rings. The second-order valence-electron chi connectivity index (χ2n) is 8.44. The highest BCUT2D eigenvalue weighted by Gasteiger charge is 2.18. The molecule has 0 heterocycles. The molecular weight excluding hydrogens is 388 g/mol. The van der Waals surface area contributed by atoms with Crippen molar-refractivity contribution in [3.63, 3.8) is 0 Å². The van der Waals surface area contributed by atoms with Crippen LogP contribution in [-0.4, -0.2) is 23.5 Å². The summed E-state index contributed by atoms with van der Waals surface area (Å²) in [5.41, 5.74) is 9.80. The average Bonchev–Trinajstić information content (AvgIpc) is 2.74. The SMILES string of the molecule is CC(C)(C)OC(=O)c1ccc(NC(=O)[C@@H](N)Cc2ccc(-c3ccccc3)cc2)cc1. The maximum absolute atomic E-state index is 12.5. The zero-order valence-electron chi connectivity index (χ0n) is 18.1. The van der Waals surface area contributed by atoms with Crippen molar-refractivity contribution in [3.05, 3.63) is 90.0 Å². The molecule has 0 bridgehead atoms. The van der Waals surface area contributed by atoms with E-state index in [0.29, 0.717) is 17.7 Å². The minimum atomic E-state index is -0.687. The molecule has 0 saturated heterocycles. The van der Waals surface area contributed by atoms with Gasteiger partial charge in [0.15, 0.2) is 0 Å². The molecule has 160 valence electrons. The summed E-state index contributed by atoms with van der Waals surface area (Å²) < 4.78 is 5.34. The molecule has 0 fully saturated rings. The number of esters is 1. The second kappa shape index (κ2) is 9.58. The fourth-order valence-corrected chi connectivity index (χ4v) is 3.07. The van der Waals surface area contributed by atoms with E-state index >= 15 is 0 Å². The number of nitrogens with one attached hydrogen (secondary N) is 1. The van der Waals surface area contributed by atoms with Crippen LogP contribution in [0.15, 0.2) is 78.9 Å². The molecule has 3 N–H and O–H groups in total. The third-order valence-electron chi connectivity index (χ3n) is 4.64. The molecule has 5 heteroatoms. The Kier molecular flexibility index (Phi) is 6.88. The number of nitrogens with two attached hydrogens (primary N) is 1. The summed E-state index contributed by atoms with van der Waals surface area (Å²) in [5.74, 6) is -0.682. The van der Waals surface area contributed by atoms with E-state index in [1.165, 1.54) is 0 Å². The fraction of sp³-hybridized carbons (Fsp3) is 0.231. The van der Waals surface area contributed by atoms with Crippen molar-refractivity contribution in [2.75, 3.05) is 5.32 Å². The highest BCUT2D eigenvalue weighted by Crippen LogP contribution is 2.20. The van der Waals surface area contributed by atoms with Gasteiger partial charge in [0.2, 0.25) is 5.91 Å². The minimum absolute atomic E-state index is 0.280. The summed E-state index contributed by atoms with van der Waals surface area (Å²) >= 11 is 0. The van der Waals surface area contributed by atoms with Crippen LogP contribution in [0.4, 0.5) is 5.69 Å². The summed E-state index contributed by atoms with van der Waals surface area (Å²) in [4.78, 5) is 24.6. The molecule has 0 spiro atoms. The predicted molar refractivity (Wildman–Crippen MR) is 124 cm³/mol. The number of amides is 1. The van der Waals surface area contributed by atoms with Crippen LogP contribution >= 0.6 is 0 Å². The van der Waals surface area contributed by atoms with E-state index in [1.807, 2.05) is 63.2 Å². The van der Waals surface area contributed by atoms with Gasteiger partial charge in [0, 0.05) is 5.69 Å². The first kappa shape index (κ1) is 22.2. The normalized spacial score (nSPS) is 12.1. The van der Waals surface area contributed by atoms with Gasteiger partial charge in [-0.3, -0.25) is 4.79 Å². The standard InChI is InChI=1S/C26H28N2O3/c1-26(2,3)31-25(30)21-13-15-22(16-14-21)28-24(29)23(27)17-18-9-11-20(12-10-18)19-7-5-4-6-8-19/h4-16,23H,17,27H2,1-3H3,(H,28,29)/t23-/m0/s1. The van der Waals surface area contributed by atoms with Crippen molar-refractivity contribution in [3.8, 4) is 11.1 Å². The Hall–Kier alpha value is -3.44. The molecule has 0 aliphatic carbocycles. The van der Waals surface area contributed by atoms with Crippen LogP contribution in [0.2, 0.25) is 0 Å². The molecule has 3 aromatic rings. The van der Waals surface area contributed by atoms with E-state index < -0.39 is 17.6 Å². The van der Waals surface area contributed by atoms with E-state index in [-0.39, 0.29) is 5.91 Å². The lowest BCUT2D eigenvalue weighted by Gasteiger charge is -2.19. The number of benzene rings is 3. The lowest BCUT2D eigenvalue weighted by Crippen LogP contribution is -2.37. The third kappa shape index (κ3) is 6.52. The Labute approximate surface area is 183 Å². The van der Waals surface area contributed by atoms with Crippen molar-refractivity contribution in [2.24, 2.45) is 5.73 Å². The topological polar surface area (TPSA) is 81.4 Å². The molecule has 5 nitrogen and oxygen atoms in total. The van der Waals surface area contributed by atoms with Crippen molar-refractivity contribution >= 4 is 17.6 Å². The summed E-state index contributed by atoms with van der Waals surface area (Å²) in [6, 6.07) is 24.0. The first-order valence-electron chi connectivity index (χ1n) is 10.3. The molecule has 1 amide bonds. The number of carbonyl (C=O) groups is 2. The highest BCUT2D eigenvalue weighted by molar-refractivity contribution is 5.96. The Morgan fingerprint density at radius 1 is 0.871 bits per heavy atom. The average molecular weight is 417 g/mol. The van der Waals surface area contributed by atoms with Crippen LogP contribution in [0.3, 0.4) is 0 Å². The molecule has 0 aromatic heterocycles. The van der Waals surface area contributed by atoms with E-state index in [2.05, 4.69) is 17.4 Å². The van der Waals surface area contributed by atoms with Gasteiger partial charge in [-0.1, -0.05) is 54.6 Å². The number of hydrogen-bond acceptors (Lipinski definition) is 4. The monoisotopic (exact) mass is 416 g/mol. The van der Waals surface area contributed by atoms with Crippen LogP contribution in [0, 0.1) is 0 Å². The zero-order valence-corrected chi connectivity index (χ0v) is 18.1. The number of carbonyl (C=O) groups excluding carboxylic acids is 2. The molecule has 31 heavy (non-hydrogen) atoms. The van der Waals surface area contributed by atoms with Crippen molar-refractivity contribution in [2.45, 2.75) is 38.8 Å². The van der Waals surface area contributed by atoms with E-state index in [9.17, 15) is 9.59 Å². The smallest absolute Gasteiger partial charge is 0.338 e. The van der Waals surface area contributed by atoms with Crippen molar-refractivity contribution in [1.29, 1.82) is 0 Å². The Morgan fingerprint density at radius 3 is 2.03 bits per heavy atom. The Balaban J connectivity index is 1.56. The van der Waals surface area contributed by atoms with Crippen LogP contribution in [-0.2, 0) is 16.0 Å². The molecule has 0 saturated carbocycles. The number of anilines is 1. The van der Waals surface area contributed by atoms with Gasteiger partial charge in [0.1, 0.15) is 5.60 Å². The van der Waals surface area contributed by atoms with E-state index in [4.69, 9.17) is 10.5 Å². The van der Waals surface area contributed by atoms with Gasteiger partial charge in [0.05, 0.1) is 11.6 Å². The molecule has 0 aliphatic heterocycles. The maximum atomic E-state index is 12.5. The summed E-state index contributed by atoms with van der Waals surface area (Å²) in [6.45, 7) is 5.45. The van der Waals surface area contributed by atoms with Gasteiger partial charge in [0.25, 0.3) is 0 Å². The van der Waals surface area contributed by atoms with E-state index in [1.54, 1.807) is 24.3 Å². The van der Waals surface area contributed by atoms with Gasteiger partial charge in [-0.25, -0.2) is 4.79 Å². The lowest BCUT2D eigenvalue weighted by atomic mass is 10.0. The summed E-state index contributed by atoms with van der Waals surface area (Å²) in [6.07, 6.45) is 0.427. The van der Waals surface area contributed by atoms with Crippen molar-refractivity contribution < 1.29 is 14.3 Å². The fourth-order valence-electron chi connectivity index (χ4n) is 3.07. The quantitative estimate of drug-likeness (QED) is 0.565. The van der Waals surface area contributed by atoms with Gasteiger partial charge in [-0.15, -0.1) is 0 Å². The van der Waals surface area contributed by atoms with Crippen molar-refractivity contribution in [1.82, 2.24) is 0 Å². The zero-order chi connectivity index (χ0) is 22.4. The largest absolute Gasteiger partial charge is 0.456 e. The Bertz CT molecular complexity index is 1020. The number of ether oxygens (including phenoxy) is 1. The molecule has 0 radical (unpaired) electrons. The highest BCUT2D eigenvalue weighted by atomic mass is 16.6. The van der Waals surface area contributed by atoms with Crippen LogP contribution in [0.1, 0.15) is 36.7 Å². The molecule has 1 atom stereocenters. The Morgan fingerprint density at radius 2 is 1.45 bits per heavy atom. The second-order valence-corrected chi connectivity index (χ2v) is 8.44.